The summed E-state index contributed by atoms with van der Waals surface area (Å²) in [4.78, 5) is 16.6. The van der Waals surface area contributed by atoms with Crippen molar-refractivity contribution in [2.45, 2.75) is 13.8 Å². The molecule has 2 aromatic carbocycles. The van der Waals surface area contributed by atoms with Gasteiger partial charge in [-0.25, -0.2) is 0 Å². The molecule has 1 fully saturated rings. The van der Waals surface area contributed by atoms with Crippen molar-refractivity contribution < 1.29 is 14.3 Å². The maximum atomic E-state index is 12.5. The molecule has 2 aromatic rings. The molecule has 0 aromatic heterocycles. The Morgan fingerprint density at radius 3 is 2.50 bits per heavy atom. The minimum atomic E-state index is 0.0373. The molecule has 1 aliphatic heterocycles. The fraction of sp³-hybridized carbons (Fsp3) is 0.381. The average molecular weight is 354 g/mol. The molecule has 26 heavy (non-hydrogen) atoms. The van der Waals surface area contributed by atoms with Gasteiger partial charge in [0, 0.05) is 37.9 Å². The Balaban J connectivity index is 1.51. The van der Waals surface area contributed by atoms with Crippen LogP contribution in [0.4, 0.5) is 5.69 Å². The summed E-state index contributed by atoms with van der Waals surface area (Å²) in [5, 5.41) is 0. The summed E-state index contributed by atoms with van der Waals surface area (Å²) in [5.41, 5.74) is 3.37. The van der Waals surface area contributed by atoms with Crippen LogP contribution in [-0.2, 0) is 4.79 Å². The normalized spacial score (nSPS) is 14.3. The minimum Gasteiger partial charge on any atom is -0.497 e. The number of hydrogen-bond acceptors (Lipinski definition) is 4. The first-order chi connectivity index (χ1) is 12.6. The van der Waals surface area contributed by atoms with Gasteiger partial charge in [-0.15, -0.1) is 0 Å². The summed E-state index contributed by atoms with van der Waals surface area (Å²) >= 11 is 0. The molecule has 1 aliphatic rings. The van der Waals surface area contributed by atoms with Gasteiger partial charge in [0.2, 0.25) is 0 Å². The number of methoxy groups -OCH3 is 1. The van der Waals surface area contributed by atoms with Crippen molar-refractivity contribution in [1.29, 1.82) is 0 Å². The Labute approximate surface area is 155 Å². The van der Waals surface area contributed by atoms with Crippen LogP contribution < -0.4 is 14.4 Å². The molecule has 0 bridgehead atoms. The molecule has 0 N–H and O–H groups in total. The minimum absolute atomic E-state index is 0.0373. The van der Waals surface area contributed by atoms with Crippen LogP contribution in [0.3, 0.4) is 0 Å². The zero-order valence-electron chi connectivity index (χ0n) is 15.7. The quantitative estimate of drug-likeness (QED) is 0.828. The molecule has 1 amide bonds. The van der Waals surface area contributed by atoms with Gasteiger partial charge in [-0.2, -0.15) is 0 Å². The van der Waals surface area contributed by atoms with Crippen molar-refractivity contribution in [3.63, 3.8) is 0 Å². The zero-order chi connectivity index (χ0) is 18.5. The largest absolute Gasteiger partial charge is 0.497 e. The summed E-state index contributed by atoms with van der Waals surface area (Å²) in [6.45, 7) is 7.15. The molecule has 3 rings (SSSR count). The topological polar surface area (TPSA) is 42.0 Å². The van der Waals surface area contributed by atoms with E-state index in [-0.39, 0.29) is 12.5 Å². The van der Waals surface area contributed by atoms with Crippen LogP contribution in [0.1, 0.15) is 11.1 Å². The lowest BCUT2D eigenvalue weighted by Gasteiger charge is -2.36. The van der Waals surface area contributed by atoms with E-state index in [1.165, 1.54) is 5.56 Å². The summed E-state index contributed by atoms with van der Waals surface area (Å²) < 4.78 is 11.0. The summed E-state index contributed by atoms with van der Waals surface area (Å²) in [6.07, 6.45) is 0. The predicted molar refractivity (Wildman–Crippen MR) is 103 cm³/mol. The van der Waals surface area contributed by atoms with E-state index in [4.69, 9.17) is 9.47 Å². The summed E-state index contributed by atoms with van der Waals surface area (Å²) in [7, 11) is 1.67. The molecule has 5 heteroatoms. The number of carbonyl (C=O) groups is 1. The highest BCUT2D eigenvalue weighted by atomic mass is 16.5. The number of ether oxygens (including phenoxy) is 2. The van der Waals surface area contributed by atoms with Gasteiger partial charge < -0.3 is 19.3 Å². The van der Waals surface area contributed by atoms with Gasteiger partial charge >= 0.3 is 0 Å². The van der Waals surface area contributed by atoms with Crippen LogP contribution in [0.15, 0.2) is 42.5 Å². The Morgan fingerprint density at radius 2 is 1.81 bits per heavy atom. The van der Waals surface area contributed by atoms with Gasteiger partial charge in [0.05, 0.1) is 7.11 Å². The second-order valence-corrected chi connectivity index (χ2v) is 6.63. The standard InChI is InChI=1S/C21H26N2O3/c1-16-7-8-20(17(2)13-16)26-15-21(24)23-11-9-22(10-12-23)18-5-4-6-19(14-18)25-3/h4-8,13-14H,9-12,15H2,1-3H3. The van der Waals surface area contributed by atoms with E-state index >= 15 is 0 Å². The van der Waals surface area contributed by atoms with Crippen molar-refractivity contribution in [2.75, 3.05) is 44.8 Å². The van der Waals surface area contributed by atoms with E-state index in [0.29, 0.717) is 13.1 Å². The molecule has 0 spiro atoms. The van der Waals surface area contributed by atoms with Crippen LogP contribution >= 0.6 is 0 Å². The molecule has 0 unspecified atom stereocenters. The second-order valence-electron chi connectivity index (χ2n) is 6.63. The molecular weight excluding hydrogens is 328 g/mol. The molecule has 0 radical (unpaired) electrons. The maximum absolute atomic E-state index is 12.5. The van der Waals surface area contributed by atoms with Crippen molar-refractivity contribution >= 4 is 11.6 Å². The number of piperazine rings is 1. The highest BCUT2D eigenvalue weighted by Crippen LogP contribution is 2.22. The molecule has 0 atom stereocenters. The Hall–Kier alpha value is -2.69. The molecule has 1 heterocycles. The number of benzene rings is 2. The zero-order valence-corrected chi connectivity index (χ0v) is 15.7. The van der Waals surface area contributed by atoms with Crippen LogP contribution in [0.2, 0.25) is 0 Å². The number of nitrogens with zero attached hydrogens (tertiary/aromatic N) is 2. The van der Waals surface area contributed by atoms with Gasteiger partial charge in [-0.1, -0.05) is 23.8 Å². The Morgan fingerprint density at radius 1 is 1.04 bits per heavy atom. The molecule has 5 nitrogen and oxygen atoms in total. The van der Waals surface area contributed by atoms with E-state index in [1.807, 2.05) is 49.1 Å². The number of rotatable bonds is 5. The number of anilines is 1. The van der Waals surface area contributed by atoms with Gasteiger partial charge in [-0.05, 0) is 37.6 Å². The van der Waals surface area contributed by atoms with Crippen molar-refractivity contribution in [3.8, 4) is 11.5 Å². The first kappa shape index (κ1) is 18.1. The van der Waals surface area contributed by atoms with Crippen LogP contribution in [0, 0.1) is 13.8 Å². The highest BCUT2D eigenvalue weighted by molar-refractivity contribution is 5.78. The first-order valence-electron chi connectivity index (χ1n) is 8.93. The number of amides is 1. The molecule has 0 aliphatic carbocycles. The molecule has 1 saturated heterocycles. The van der Waals surface area contributed by atoms with Crippen molar-refractivity contribution in [2.24, 2.45) is 0 Å². The van der Waals surface area contributed by atoms with Gasteiger partial charge in [-0.3, -0.25) is 4.79 Å². The third kappa shape index (κ3) is 4.28. The van der Waals surface area contributed by atoms with E-state index in [1.54, 1.807) is 7.11 Å². The molecular formula is C21H26N2O3. The number of carbonyl (C=O) groups excluding carboxylic acids is 1. The summed E-state index contributed by atoms with van der Waals surface area (Å²) in [6, 6.07) is 14.0. The maximum Gasteiger partial charge on any atom is 0.260 e. The van der Waals surface area contributed by atoms with Crippen molar-refractivity contribution in [3.05, 3.63) is 53.6 Å². The summed E-state index contributed by atoms with van der Waals surface area (Å²) in [5.74, 6) is 1.66. The second kappa shape index (κ2) is 8.13. The van der Waals surface area contributed by atoms with E-state index in [9.17, 15) is 4.79 Å². The lowest BCUT2D eigenvalue weighted by atomic mass is 10.1. The lowest BCUT2D eigenvalue weighted by molar-refractivity contribution is -0.133. The third-order valence-electron chi connectivity index (χ3n) is 4.73. The average Bonchev–Trinajstić information content (AvgIpc) is 2.67. The van der Waals surface area contributed by atoms with Gasteiger partial charge in [0.1, 0.15) is 11.5 Å². The van der Waals surface area contributed by atoms with Crippen LogP contribution in [0.5, 0.6) is 11.5 Å². The van der Waals surface area contributed by atoms with Gasteiger partial charge in [0.25, 0.3) is 5.91 Å². The lowest BCUT2D eigenvalue weighted by Crippen LogP contribution is -2.50. The highest BCUT2D eigenvalue weighted by Gasteiger charge is 2.22. The Kier molecular flexibility index (Phi) is 5.66. The SMILES string of the molecule is COc1cccc(N2CCN(C(=O)COc3ccc(C)cc3C)CC2)c1. The number of hydrogen-bond donors (Lipinski definition) is 0. The fourth-order valence-corrected chi connectivity index (χ4v) is 3.21. The predicted octanol–water partition coefficient (Wildman–Crippen LogP) is 3.04. The third-order valence-corrected chi connectivity index (χ3v) is 4.73. The number of aryl methyl sites for hydroxylation is 2. The molecule has 138 valence electrons. The van der Waals surface area contributed by atoms with E-state index in [0.717, 1.165) is 35.8 Å². The first-order valence-corrected chi connectivity index (χ1v) is 8.93. The fourth-order valence-electron chi connectivity index (χ4n) is 3.21. The van der Waals surface area contributed by atoms with Crippen LogP contribution in [-0.4, -0.2) is 50.7 Å². The van der Waals surface area contributed by atoms with E-state index < -0.39 is 0 Å². The van der Waals surface area contributed by atoms with E-state index in [2.05, 4.69) is 17.0 Å². The van der Waals surface area contributed by atoms with Gasteiger partial charge in [0.15, 0.2) is 6.61 Å². The molecule has 0 saturated carbocycles. The van der Waals surface area contributed by atoms with Crippen LogP contribution in [0.25, 0.3) is 0 Å². The Bertz CT molecular complexity index is 768. The monoisotopic (exact) mass is 354 g/mol. The van der Waals surface area contributed by atoms with Crippen molar-refractivity contribution in [1.82, 2.24) is 4.90 Å². The smallest absolute Gasteiger partial charge is 0.260 e.